The summed E-state index contributed by atoms with van der Waals surface area (Å²) in [4.78, 5) is 26.4. The second kappa shape index (κ2) is 10.0. The van der Waals surface area contributed by atoms with Gasteiger partial charge >= 0.3 is 0 Å². The van der Waals surface area contributed by atoms with E-state index in [2.05, 4.69) is 43.0 Å². The van der Waals surface area contributed by atoms with Crippen molar-refractivity contribution in [2.24, 2.45) is 0 Å². The summed E-state index contributed by atoms with van der Waals surface area (Å²) in [5.41, 5.74) is 2.42. The molecule has 2 heterocycles. The summed E-state index contributed by atoms with van der Waals surface area (Å²) in [5, 5.41) is 13.6. The van der Waals surface area contributed by atoms with Crippen molar-refractivity contribution in [2.45, 2.75) is 51.2 Å². The van der Waals surface area contributed by atoms with Crippen molar-refractivity contribution >= 4 is 27.7 Å². The number of hydrogen-bond acceptors (Lipinski definition) is 6. The SMILES string of the molecule is CC(C)NCC(C(=O)N1CCN(c2ncnc3c2[C@H](C)C[C@H]3O)CC1)c1ccc(Br)c(F)c1. The van der Waals surface area contributed by atoms with E-state index in [0.29, 0.717) is 49.2 Å². The minimum atomic E-state index is -0.542. The molecule has 1 aliphatic carbocycles. The number of aliphatic hydroxyl groups excluding tert-OH is 1. The molecule has 4 rings (SSSR count). The fourth-order valence-corrected chi connectivity index (χ4v) is 4.99. The predicted molar refractivity (Wildman–Crippen MR) is 129 cm³/mol. The molecule has 1 aliphatic heterocycles. The molecule has 0 bridgehead atoms. The summed E-state index contributed by atoms with van der Waals surface area (Å²) in [7, 11) is 0. The minimum absolute atomic E-state index is 0.00114. The van der Waals surface area contributed by atoms with Crippen molar-refractivity contribution < 1.29 is 14.3 Å². The number of aromatic nitrogens is 2. The highest BCUT2D eigenvalue weighted by atomic mass is 79.9. The first kappa shape index (κ1) is 24.0. The normalized spacial score (nSPS) is 21.4. The highest BCUT2D eigenvalue weighted by Gasteiger charge is 2.35. The number of hydrogen-bond donors (Lipinski definition) is 2. The van der Waals surface area contributed by atoms with Gasteiger partial charge in [0.1, 0.15) is 18.0 Å². The summed E-state index contributed by atoms with van der Waals surface area (Å²) in [6.45, 7) is 9.02. The van der Waals surface area contributed by atoms with Crippen LogP contribution in [-0.2, 0) is 4.79 Å². The van der Waals surface area contributed by atoms with Crippen LogP contribution in [0.2, 0.25) is 0 Å². The number of benzene rings is 1. The number of halogens is 2. The maximum atomic E-state index is 14.2. The van der Waals surface area contributed by atoms with Gasteiger partial charge in [-0.1, -0.05) is 26.8 Å². The molecule has 1 aromatic heterocycles. The monoisotopic (exact) mass is 519 g/mol. The Morgan fingerprint density at radius 3 is 2.67 bits per heavy atom. The zero-order valence-electron chi connectivity index (χ0n) is 19.3. The predicted octanol–water partition coefficient (Wildman–Crippen LogP) is 3.35. The standard InChI is InChI=1S/C24H31BrFN5O2/c1-14(2)27-12-17(16-4-5-18(25)19(26)11-16)24(33)31-8-6-30(7-9-31)23-21-15(3)10-20(32)22(21)28-13-29-23/h4-5,11,13-15,17,20,27,32H,6-10,12H2,1-3H3/t15-,17?,20-/m1/s1. The second-order valence-electron chi connectivity index (χ2n) is 9.25. The quantitative estimate of drug-likeness (QED) is 0.608. The van der Waals surface area contributed by atoms with E-state index < -0.39 is 12.0 Å². The fourth-order valence-electron chi connectivity index (χ4n) is 4.74. The molecule has 1 amide bonds. The Labute approximate surface area is 202 Å². The van der Waals surface area contributed by atoms with Crippen LogP contribution in [0.1, 0.15) is 62.0 Å². The number of aliphatic hydroxyl groups is 1. The van der Waals surface area contributed by atoms with E-state index >= 15 is 0 Å². The van der Waals surface area contributed by atoms with Crippen LogP contribution in [0.4, 0.5) is 10.2 Å². The number of amides is 1. The Bertz CT molecular complexity index is 1010. The van der Waals surface area contributed by atoms with E-state index in [1.807, 2.05) is 24.8 Å². The fraction of sp³-hybridized carbons (Fsp3) is 0.542. The van der Waals surface area contributed by atoms with Crippen molar-refractivity contribution in [3.63, 3.8) is 0 Å². The maximum absolute atomic E-state index is 14.2. The maximum Gasteiger partial charge on any atom is 0.231 e. The molecule has 1 unspecified atom stereocenters. The van der Waals surface area contributed by atoms with E-state index in [1.165, 1.54) is 12.4 Å². The van der Waals surface area contributed by atoms with Crippen LogP contribution in [0.25, 0.3) is 0 Å². The summed E-state index contributed by atoms with van der Waals surface area (Å²) < 4.78 is 14.6. The summed E-state index contributed by atoms with van der Waals surface area (Å²) in [6, 6.07) is 5.13. The lowest BCUT2D eigenvalue weighted by Crippen LogP contribution is -2.51. The van der Waals surface area contributed by atoms with Crippen molar-refractivity contribution in [1.82, 2.24) is 20.2 Å². The van der Waals surface area contributed by atoms with Crippen LogP contribution in [-0.4, -0.2) is 64.6 Å². The smallest absolute Gasteiger partial charge is 0.231 e. The van der Waals surface area contributed by atoms with Crippen LogP contribution < -0.4 is 10.2 Å². The molecule has 0 radical (unpaired) electrons. The van der Waals surface area contributed by atoms with Gasteiger partial charge in [-0.25, -0.2) is 14.4 Å². The number of nitrogens with zero attached hydrogens (tertiary/aromatic N) is 4. The van der Waals surface area contributed by atoms with Gasteiger partial charge in [0.15, 0.2) is 0 Å². The lowest BCUT2D eigenvalue weighted by molar-refractivity contribution is -0.133. The third kappa shape index (κ3) is 5.05. The molecule has 2 aromatic rings. The second-order valence-corrected chi connectivity index (χ2v) is 10.1. The molecule has 0 spiro atoms. The summed E-state index contributed by atoms with van der Waals surface area (Å²) >= 11 is 3.19. The van der Waals surface area contributed by atoms with E-state index in [9.17, 15) is 14.3 Å². The molecule has 1 fully saturated rings. The van der Waals surface area contributed by atoms with Gasteiger partial charge in [-0.2, -0.15) is 0 Å². The minimum Gasteiger partial charge on any atom is -0.387 e. The van der Waals surface area contributed by atoms with Crippen molar-refractivity contribution in [1.29, 1.82) is 0 Å². The van der Waals surface area contributed by atoms with Crippen LogP contribution in [0, 0.1) is 5.82 Å². The van der Waals surface area contributed by atoms with E-state index in [1.54, 1.807) is 6.07 Å². The Kier molecular flexibility index (Phi) is 7.31. The number of rotatable bonds is 6. The Balaban J connectivity index is 1.49. The third-order valence-electron chi connectivity index (χ3n) is 6.54. The summed E-state index contributed by atoms with van der Waals surface area (Å²) in [6.07, 6.45) is 1.64. The first-order chi connectivity index (χ1) is 15.8. The molecule has 33 heavy (non-hydrogen) atoms. The highest BCUT2D eigenvalue weighted by Crippen LogP contribution is 2.42. The van der Waals surface area contributed by atoms with Crippen molar-refractivity contribution in [3.8, 4) is 0 Å². The van der Waals surface area contributed by atoms with Crippen molar-refractivity contribution in [3.05, 3.63) is 51.6 Å². The van der Waals surface area contributed by atoms with Crippen LogP contribution in [0.3, 0.4) is 0 Å². The lowest BCUT2D eigenvalue weighted by Gasteiger charge is -2.38. The molecule has 2 aliphatic rings. The van der Waals surface area contributed by atoms with Crippen LogP contribution >= 0.6 is 15.9 Å². The average molecular weight is 520 g/mol. The molecular weight excluding hydrogens is 489 g/mol. The number of carbonyl (C=O) groups excluding carboxylic acids is 1. The molecule has 1 aromatic carbocycles. The van der Waals surface area contributed by atoms with Gasteiger partial charge in [-0.05, 0) is 46.0 Å². The lowest BCUT2D eigenvalue weighted by atomic mass is 9.96. The van der Waals surface area contributed by atoms with Gasteiger partial charge in [0.05, 0.1) is 22.2 Å². The molecule has 7 nitrogen and oxygen atoms in total. The van der Waals surface area contributed by atoms with Gasteiger partial charge < -0.3 is 20.2 Å². The molecule has 9 heteroatoms. The third-order valence-corrected chi connectivity index (χ3v) is 7.19. The molecule has 178 valence electrons. The first-order valence-corrected chi connectivity index (χ1v) is 12.3. The van der Waals surface area contributed by atoms with Gasteiger partial charge in [-0.3, -0.25) is 4.79 Å². The number of anilines is 1. The molecule has 2 N–H and O–H groups in total. The van der Waals surface area contributed by atoms with Gasteiger partial charge in [-0.15, -0.1) is 0 Å². The molecule has 0 saturated carbocycles. The Morgan fingerprint density at radius 2 is 2.00 bits per heavy atom. The Morgan fingerprint density at radius 1 is 1.27 bits per heavy atom. The number of fused-ring (bicyclic) bond motifs is 1. The molecule has 3 atom stereocenters. The first-order valence-electron chi connectivity index (χ1n) is 11.5. The topological polar surface area (TPSA) is 81.6 Å². The summed E-state index contributed by atoms with van der Waals surface area (Å²) in [5.74, 6) is 0.239. The van der Waals surface area contributed by atoms with Crippen molar-refractivity contribution in [2.75, 3.05) is 37.6 Å². The van der Waals surface area contributed by atoms with Gasteiger partial charge in [0.25, 0.3) is 0 Å². The van der Waals surface area contributed by atoms with E-state index in [4.69, 9.17) is 0 Å². The zero-order valence-corrected chi connectivity index (χ0v) is 20.8. The van der Waals surface area contributed by atoms with Gasteiger partial charge in [0, 0.05) is 44.3 Å². The zero-order chi connectivity index (χ0) is 23.7. The highest BCUT2D eigenvalue weighted by molar-refractivity contribution is 9.10. The van der Waals surface area contributed by atoms with Crippen LogP contribution in [0.15, 0.2) is 29.0 Å². The van der Waals surface area contributed by atoms with Crippen LogP contribution in [0.5, 0.6) is 0 Å². The van der Waals surface area contributed by atoms with E-state index in [-0.39, 0.29) is 23.7 Å². The average Bonchev–Trinajstić information content (AvgIpc) is 3.09. The molecule has 1 saturated heterocycles. The number of carbonyl (C=O) groups is 1. The number of piperazine rings is 1. The largest absolute Gasteiger partial charge is 0.387 e. The Hall–Kier alpha value is -2.10. The molecular formula is C24H31BrFN5O2. The van der Waals surface area contributed by atoms with E-state index in [0.717, 1.165) is 17.1 Å². The van der Waals surface area contributed by atoms with Gasteiger partial charge in [0.2, 0.25) is 5.91 Å². The number of nitrogens with one attached hydrogen (secondary N) is 1.